The molecule has 2 aromatic rings. The highest BCUT2D eigenvalue weighted by molar-refractivity contribution is 5.58. The Morgan fingerprint density at radius 3 is 2.75 bits per heavy atom. The minimum Gasteiger partial charge on any atom is -0.372 e. The highest BCUT2D eigenvalue weighted by atomic mass is 19.4. The van der Waals surface area contributed by atoms with Crippen molar-refractivity contribution in [2.24, 2.45) is 0 Å². The zero-order valence-corrected chi connectivity index (χ0v) is 11.5. The number of aromatic nitrogens is 4. The molecule has 0 fully saturated rings. The van der Waals surface area contributed by atoms with E-state index in [0.717, 1.165) is 6.07 Å². The van der Waals surface area contributed by atoms with Crippen LogP contribution in [0.5, 0.6) is 0 Å². The molecule has 24 heavy (non-hydrogen) atoms. The van der Waals surface area contributed by atoms with Gasteiger partial charge in [-0.05, 0) is 20.6 Å². The quantitative estimate of drug-likeness (QED) is 0.880. The highest BCUT2D eigenvalue weighted by Crippen LogP contribution is 2.34. The fourth-order valence-corrected chi connectivity index (χ4v) is 1.55. The Labute approximate surface area is 153 Å². The number of nitrogens with one attached hydrogen (secondary N) is 2. The van der Waals surface area contributed by atoms with E-state index in [1.54, 1.807) is 5.32 Å². The number of hydrogen-bond acceptors (Lipinski definition) is 6. The van der Waals surface area contributed by atoms with Crippen LogP contribution in [-0.2, 0) is 11.7 Å². The predicted molar refractivity (Wildman–Crippen MR) is 81.8 cm³/mol. The smallest absolute Gasteiger partial charge is 0.372 e. The van der Waals surface area contributed by atoms with Crippen LogP contribution in [0.2, 0.25) is 0 Å². The van der Waals surface area contributed by atoms with E-state index in [9.17, 15) is 18.4 Å². The molecule has 0 amide bonds. The van der Waals surface area contributed by atoms with Gasteiger partial charge in [0.25, 0.3) is 0 Å². The van der Waals surface area contributed by atoms with Gasteiger partial charge in [-0.15, -0.1) is 0 Å². The molecule has 7 nitrogen and oxygen atoms in total. The maximum atomic E-state index is 13.3. The van der Waals surface area contributed by atoms with Gasteiger partial charge in [0.15, 0.2) is 0 Å². The lowest BCUT2D eigenvalue weighted by atomic mass is 10.1. The zero-order valence-electron chi connectivity index (χ0n) is 23.5. The summed E-state index contributed by atoms with van der Waals surface area (Å²) in [6, 6.07) is 1.16. The van der Waals surface area contributed by atoms with E-state index in [0.29, 0.717) is 6.20 Å². The van der Waals surface area contributed by atoms with Crippen molar-refractivity contribution in [2.45, 2.75) is 32.3 Å². The lowest BCUT2D eigenvalue weighted by Gasteiger charge is -2.15. The standard InChI is InChI=1S/C14H16F3N7/c1-8-10(6-24(23-8)13(2,3)7-18)21-12-20-5-9(14(15,16)17)11(19-4)22-12/h5-6H,1-4H3,(H2,19,20,21,22)/i1D3,2D3,3D3,4D3. The van der Waals surface area contributed by atoms with E-state index < -0.39 is 68.0 Å². The Kier molecular flexibility index (Phi) is 1.84. The van der Waals surface area contributed by atoms with E-state index in [-0.39, 0.29) is 10.9 Å². The van der Waals surface area contributed by atoms with Crippen LogP contribution >= 0.6 is 0 Å². The summed E-state index contributed by atoms with van der Waals surface area (Å²) in [5.74, 6) is -1.98. The molecule has 0 bridgehead atoms. The van der Waals surface area contributed by atoms with E-state index >= 15 is 0 Å². The minimum atomic E-state index is -5.08. The van der Waals surface area contributed by atoms with Gasteiger partial charge >= 0.3 is 6.18 Å². The second-order valence-corrected chi connectivity index (χ2v) is 4.36. The van der Waals surface area contributed by atoms with Crippen LogP contribution in [-0.4, -0.2) is 26.7 Å². The molecule has 2 heterocycles. The van der Waals surface area contributed by atoms with E-state index in [1.165, 1.54) is 0 Å². The largest absolute Gasteiger partial charge is 0.421 e. The molecule has 2 N–H and O–H groups in total. The number of aryl methyl sites for hydroxylation is 1. The molecule has 0 unspecified atom stereocenters. The van der Waals surface area contributed by atoms with Gasteiger partial charge in [-0.25, -0.2) is 4.98 Å². The molecule has 0 saturated carbocycles. The molecule has 0 aliphatic carbocycles. The summed E-state index contributed by atoms with van der Waals surface area (Å²) in [6.45, 7) is -13.4. The SMILES string of the molecule is [2H]C([2H])([2H])Nc1nc(Nc2cn(C(C#N)(C([2H])([2H])[2H])C([2H])([2H])[2H])nc2C([2H])([2H])[2H])ncc1C(F)(F)F. The summed E-state index contributed by atoms with van der Waals surface area (Å²) >= 11 is 0. The molecule has 0 atom stereocenters. The normalized spacial score (nSPS) is 21.4. The first-order chi connectivity index (χ1) is 15.9. The van der Waals surface area contributed by atoms with Gasteiger partial charge in [0, 0.05) is 29.6 Å². The van der Waals surface area contributed by atoms with Gasteiger partial charge in [0.2, 0.25) is 5.95 Å². The summed E-state index contributed by atoms with van der Waals surface area (Å²) in [4.78, 5) is 6.78. The van der Waals surface area contributed by atoms with Crippen molar-refractivity contribution in [3.05, 3.63) is 23.7 Å². The fraction of sp³-hybridized carbons (Fsp3) is 0.429. The van der Waals surface area contributed by atoms with Crippen molar-refractivity contribution in [1.82, 2.24) is 19.7 Å². The third-order valence-corrected chi connectivity index (χ3v) is 2.68. The molecule has 0 radical (unpaired) electrons. The number of nitriles is 1. The number of alkyl halides is 3. The van der Waals surface area contributed by atoms with Crippen molar-refractivity contribution in [3.8, 4) is 6.07 Å². The van der Waals surface area contributed by atoms with E-state index in [1.807, 2.05) is 0 Å². The van der Waals surface area contributed by atoms with Crippen LogP contribution in [0.3, 0.4) is 0 Å². The monoisotopic (exact) mass is 351 g/mol. The van der Waals surface area contributed by atoms with Gasteiger partial charge in [-0.3, -0.25) is 4.68 Å². The maximum Gasteiger partial charge on any atom is 0.421 e. The van der Waals surface area contributed by atoms with Gasteiger partial charge in [0.05, 0.1) is 23.6 Å². The third-order valence-electron chi connectivity index (χ3n) is 2.68. The van der Waals surface area contributed by atoms with Crippen LogP contribution in [0.15, 0.2) is 12.4 Å². The van der Waals surface area contributed by atoms with Crippen molar-refractivity contribution < 1.29 is 29.6 Å². The molecule has 10 heteroatoms. The number of halogens is 3. The Morgan fingerprint density at radius 2 is 2.17 bits per heavy atom. The third kappa shape index (κ3) is 3.40. The lowest BCUT2D eigenvalue weighted by molar-refractivity contribution is -0.137. The second kappa shape index (κ2) is 5.99. The second-order valence-electron chi connectivity index (χ2n) is 4.36. The molecule has 2 rings (SSSR count). The van der Waals surface area contributed by atoms with E-state index in [2.05, 4.69) is 20.4 Å². The van der Waals surface area contributed by atoms with Crippen LogP contribution < -0.4 is 10.6 Å². The summed E-state index contributed by atoms with van der Waals surface area (Å²) in [5, 5.41) is 16.8. The van der Waals surface area contributed by atoms with Crippen LogP contribution in [0, 0.1) is 18.2 Å². The van der Waals surface area contributed by atoms with Crippen LogP contribution in [0.25, 0.3) is 0 Å². The Bertz CT molecular complexity index is 1140. The van der Waals surface area contributed by atoms with Gasteiger partial charge < -0.3 is 10.6 Å². The average molecular weight is 351 g/mol. The maximum absolute atomic E-state index is 13.3. The number of nitrogens with zero attached hydrogens (tertiary/aromatic N) is 5. The summed E-state index contributed by atoms with van der Waals surface area (Å²) in [6.07, 6.45) is -4.33. The summed E-state index contributed by atoms with van der Waals surface area (Å²) < 4.78 is 130. The first-order valence-corrected chi connectivity index (χ1v) is 5.95. The van der Waals surface area contributed by atoms with Gasteiger partial charge in [-0.2, -0.15) is 28.5 Å². The topological polar surface area (TPSA) is 91.5 Å². The molecular formula is C14H16F3N7. The Balaban J connectivity index is 2.74. The molecule has 128 valence electrons. The summed E-state index contributed by atoms with van der Waals surface area (Å²) in [5.41, 5.74) is -6.56. The molecule has 0 aliphatic heterocycles. The average Bonchev–Trinajstić information content (AvgIpc) is 3.02. The Morgan fingerprint density at radius 1 is 1.38 bits per heavy atom. The Hall–Kier alpha value is -2.83. The number of anilines is 3. The molecule has 0 saturated heterocycles. The van der Waals surface area contributed by atoms with Crippen LogP contribution in [0.4, 0.5) is 30.6 Å². The number of hydrogen-bond donors (Lipinski definition) is 2. The zero-order chi connectivity index (χ0) is 28.1. The van der Waals surface area contributed by atoms with Crippen molar-refractivity contribution >= 4 is 17.5 Å². The molecular weight excluding hydrogens is 323 g/mol. The first-order valence-electron chi connectivity index (χ1n) is 12.0. The van der Waals surface area contributed by atoms with Crippen molar-refractivity contribution in [1.29, 1.82) is 5.26 Å². The van der Waals surface area contributed by atoms with Gasteiger partial charge in [0.1, 0.15) is 16.9 Å². The fourth-order valence-electron chi connectivity index (χ4n) is 1.55. The van der Waals surface area contributed by atoms with E-state index in [4.69, 9.17) is 16.4 Å². The minimum absolute atomic E-state index is 0.114. The van der Waals surface area contributed by atoms with Crippen molar-refractivity contribution in [3.63, 3.8) is 0 Å². The highest BCUT2D eigenvalue weighted by Gasteiger charge is 2.35. The predicted octanol–water partition coefficient (Wildman–Crippen LogP) is 3.04. The summed E-state index contributed by atoms with van der Waals surface area (Å²) in [7, 11) is 0. The van der Waals surface area contributed by atoms with Crippen LogP contribution in [0.1, 0.15) is 41.4 Å². The first kappa shape index (κ1) is 7.38. The molecule has 0 aliphatic rings. The molecule has 0 aromatic carbocycles. The van der Waals surface area contributed by atoms with Gasteiger partial charge in [-0.1, -0.05) is 0 Å². The molecule has 0 spiro atoms. The number of rotatable bonds is 4. The van der Waals surface area contributed by atoms with Crippen molar-refractivity contribution in [2.75, 3.05) is 17.6 Å². The lowest BCUT2D eigenvalue weighted by Crippen LogP contribution is -2.24. The molecule has 2 aromatic heterocycles.